The van der Waals surface area contributed by atoms with Crippen molar-refractivity contribution in [1.29, 1.82) is 0 Å². The zero-order chi connectivity index (χ0) is 17.2. The first-order chi connectivity index (χ1) is 12.2. The van der Waals surface area contributed by atoms with E-state index in [0.29, 0.717) is 17.0 Å². The highest BCUT2D eigenvalue weighted by molar-refractivity contribution is 7.17. The highest BCUT2D eigenvalue weighted by Crippen LogP contribution is 2.42. The Labute approximate surface area is 148 Å². The van der Waals surface area contributed by atoms with Gasteiger partial charge >= 0.3 is 0 Å². The number of para-hydroxylation sites is 1. The van der Waals surface area contributed by atoms with Crippen LogP contribution in [-0.4, -0.2) is 11.8 Å². The lowest BCUT2D eigenvalue weighted by atomic mass is 10.1. The minimum Gasteiger partial charge on any atom is -0.488 e. The van der Waals surface area contributed by atoms with Crippen molar-refractivity contribution in [3.8, 4) is 16.2 Å². The number of hydrogen-bond acceptors (Lipinski definition) is 4. The third kappa shape index (κ3) is 2.99. The van der Waals surface area contributed by atoms with Crippen molar-refractivity contribution in [2.24, 2.45) is 0 Å². The Kier molecular flexibility index (Phi) is 3.95. The lowest BCUT2D eigenvalue weighted by molar-refractivity contribution is 0.0849. The van der Waals surface area contributed by atoms with Crippen LogP contribution in [0.25, 0.3) is 10.4 Å². The molecule has 25 heavy (non-hydrogen) atoms. The zero-order valence-corrected chi connectivity index (χ0v) is 13.9. The van der Waals surface area contributed by atoms with Crippen LogP contribution < -0.4 is 15.6 Å². The topological polar surface area (TPSA) is 67.4 Å². The summed E-state index contributed by atoms with van der Waals surface area (Å²) in [6, 6.07) is 18.3. The molecule has 0 aliphatic carbocycles. The van der Waals surface area contributed by atoms with Crippen LogP contribution in [0.5, 0.6) is 5.75 Å². The van der Waals surface area contributed by atoms with E-state index in [9.17, 15) is 9.59 Å². The molecule has 0 unspecified atom stereocenters. The van der Waals surface area contributed by atoms with Crippen LogP contribution in [0.3, 0.4) is 0 Å². The van der Waals surface area contributed by atoms with E-state index in [2.05, 4.69) is 10.9 Å². The smallest absolute Gasteiger partial charge is 0.279 e. The van der Waals surface area contributed by atoms with Gasteiger partial charge in [-0.15, -0.1) is 11.3 Å². The van der Waals surface area contributed by atoms with Crippen molar-refractivity contribution in [2.75, 3.05) is 0 Å². The lowest BCUT2D eigenvalue weighted by Gasteiger charge is -2.16. The van der Waals surface area contributed by atoms with Gasteiger partial charge in [-0.3, -0.25) is 20.4 Å². The molecule has 0 bridgehead atoms. The standard InChI is InChI=1S/C19H14N2O3S/c22-18(12-6-2-1-3-7-12)20-21-19(23)16-10-13-11-24-15-9-5-4-8-14(15)17(13)25-16/h1-10H,11H2,(H,20,22)(H,21,23). The molecule has 2 aromatic carbocycles. The number of hydrazine groups is 1. The Hall–Kier alpha value is -3.12. The van der Waals surface area contributed by atoms with Crippen LogP contribution in [0, 0.1) is 0 Å². The fourth-order valence-electron chi connectivity index (χ4n) is 2.65. The zero-order valence-electron chi connectivity index (χ0n) is 13.1. The first-order valence-corrected chi connectivity index (χ1v) is 8.54. The molecule has 124 valence electrons. The van der Waals surface area contributed by atoms with Crippen LogP contribution >= 0.6 is 11.3 Å². The molecule has 1 aliphatic rings. The number of rotatable bonds is 2. The number of ether oxygens (including phenoxy) is 1. The van der Waals surface area contributed by atoms with Gasteiger partial charge in [-0.05, 0) is 30.3 Å². The van der Waals surface area contributed by atoms with E-state index in [-0.39, 0.29) is 11.8 Å². The highest BCUT2D eigenvalue weighted by atomic mass is 32.1. The Morgan fingerprint density at radius 2 is 1.64 bits per heavy atom. The molecule has 1 aromatic heterocycles. The molecule has 0 radical (unpaired) electrons. The van der Waals surface area contributed by atoms with Gasteiger partial charge in [-0.1, -0.05) is 30.3 Å². The molecule has 0 spiro atoms. The molecule has 0 fully saturated rings. The second kappa shape index (κ2) is 6.41. The predicted octanol–water partition coefficient (Wildman–Crippen LogP) is 3.38. The molecule has 2 N–H and O–H groups in total. The second-order valence-corrected chi connectivity index (χ2v) is 6.58. The summed E-state index contributed by atoms with van der Waals surface area (Å²) in [5, 5.41) is 0. The SMILES string of the molecule is O=C(NNC(=O)c1cc2c(s1)-c1ccccc1OC2)c1ccccc1. The number of thiophene rings is 1. The average Bonchev–Trinajstić information content (AvgIpc) is 3.11. The largest absolute Gasteiger partial charge is 0.488 e. The molecular weight excluding hydrogens is 336 g/mol. The van der Waals surface area contributed by atoms with Crippen LogP contribution in [0.15, 0.2) is 60.7 Å². The normalized spacial score (nSPS) is 11.7. The summed E-state index contributed by atoms with van der Waals surface area (Å²) in [5.41, 5.74) is 7.34. The maximum Gasteiger partial charge on any atom is 0.279 e. The number of nitrogens with one attached hydrogen (secondary N) is 2. The highest BCUT2D eigenvalue weighted by Gasteiger charge is 2.22. The molecule has 3 aromatic rings. The van der Waals surface area contributed by atoms with Crippen molar-refractivity contribution >= 4 is 23.2 Å². The summed E-state index contributed by atoms with van der Waals surface area (Å²) >= 11 is 1.39. The van der Waals surface area contributed by atoms with E-state index in [1.165, 1.54) is 11.3 Å². The van der Waals surface area contributed by atoms with Gasteiger partial charge in [0.1, 0.15) is 12.4 Å². The van der Waals surface area contributed by atoms with Crippen LogP contribution in [0.2, 0.25) is 0 Å². The number of carbonyl (C=O) groups is 2. The number of amides is 2. The maximum atomic E-state index is 12.4. The average molecular weight is 350 g/mol. The minimum absolute atomic E-state index is 0.346. The second-order valence-electron chi connectivity index (χ2n) is 5.52. The summed E-state index contributed by atoms with van der Waals surface area (Å²) < 4.78 is 5.70. The van der Waals surface area contributed by atoms with Gasteiger partial charge in [0.15, 0.2) is 0 Å². The third-order valence-electron chi connectivity index (χ3n) is 3.87. The number of fused-ring (bicyclic) bond motifs is 3. The van der Waals surface area contributed by atoms with E-state index in [4.69, 9.17) is 4.74 Å². The Morgan fingerprint density at radius 3 is 2.48 bits per heavy atom. The van der Waals surface area contributed by atoms with Crippen molar-refractivity contribution in [3.63, 3.8) is 0 Å². The minimum atomic E-state index is -0.357. The number of benzene rings is 2. The predicted molar refractivity (Wildman–Crippen MR) is 95.5 cm³/mol. The summed E-state index contributed by atoms with van der Waals surface area (Å²) in [6.07, 6.45) is 0. The maximum absolute atomic E-state index is 12.4. The number of hydrogen-bond donors (Lipinski definition) is 2. The van der Waals surface area contributed by atoms with Crippen molar-refractivity contribution in [1.82, 2.24) is 10.9 Å². The molecular formula is C19H14N2O3S. The molecule has 2 heterocycles. The first kappa shape index (κ1) is 15.4. The van der Waals surface area contributed by atoms with Crippen molar-refractivity contribution < 1.29 is 14.3 Å². The monoisotopic (exact) mass is 350 g/mol. The molecule has 5 nitrogen and oxygen atoms in total. The van der Waals surface area contributed by atoms with Gasteiger partial charge in [0.2, 0.25) is 0 Å². The first-order valence-electron chi connectivity index (χ1n) is 7.73. The van der Waals surface area contributed by atoms with Gasteiger partial charge in [0, 0.05) is 21.6 Å². The van der Waals surface area contributed by atoms with Crippen LogP contribution in [-0.2, 0) is 6.61 Å². The molecule has 4 rings (SSSR count). The lowest BCUT2D eigenvalue weighted by Crippen LogP contribution is -2.41. The van der Waals surface area contributed by atoms with Crippen molar-refractivity contribution in [3.05, 3.63) is 76.7 Å². The number of carbonyl (C=O) groups excluding carboxylic acids is 2. The summed E-state index contributed by atoms with van der Waals surface area (Å²) in [4.78, 5) is 25.9. The van der Waals surface area contributed by atoms with Gasteiger partial charge in [-0.25, -0.2) is 0 Å². The summed E-state index contributed by atoms with van der Waals surface area (Å²) in [6.45, 7) is 0.437. The molecule has 2 amide bonds. The van der Waals surface area contributed by atoms with E-state index < -0.39 is 0 Å². The summed E-state index contributed by atoms with van der Waals surface area (Å²) in [7, 11) is 0. The Morgan fingerprint density at radius 1 is 0.920 bits per heavy atom. The summed E-state index contributed by atoms with van der Waals surface area (Å²) in [5.74, 6) is 0.117. The van der Waals surface area contributed by atoms with Gasteiger partial charge < -0.3 is 4.74 Å². The van der Waals surface area contributed by atoms with Crippen LogP contribution in [0.1, 0.15) is 25.6 Å². The third-order valence-corrected chi connectivity index (χ3v) is 5.08. The molecule has 0 atom stereocenters. The molecule has 0 saturated heterocycles. The van der Waals surface area contributed by atoms with Crippen molar-refractivity contribution in [2.45, 2.75) is 6.61 Å². The van der Waals surface area contributed by atoms with Gasteiger partial charge in [0.05, 0.1) is 4.88 Å². The van der Waals surface area contributed by atoms with Gasteiger partial charge in [-0.2, -0.15) is 0 Å². The van der Waals surface area contributed by atoms with E-state index >= 15 is 0 Å². The molecule has 6 heteroatoms. The Balaban J connectivity index is 1.49. The quantitative estimate of drug-likeness (QED) is 0.696. The fraction of sp³-hybridized carbons (Fsp3) is 0.0526. The molecule has 1 aliphatic heterocycles. The van der Waals surface area contributed by atoms with E-state index in [0.717, 1.165) is 21.8 Å². The van der Waals surface area contributed by atoms with E-state index in [1.54, 1.807) is 30.3 Å². The van der Waals surface area contributed by atoms with E-state index in [1.807, 2.05) is 30.3 Å². The van der Waals surface area contributed by atoms with Crippen LogP contribution in [0.4, 0.5) is 0 Å². The Bertz CT molecular complexity index is 950. The fourth-order valence-corrected chi connectivity index (χ4v) is 3.74. The molecule has 0 saturated carbocycles. The van der Waals surface area contributed by atoms with Gasteiger partial charge in [0.25, 0.3) is 11.8 Å².